The molecular weight excluding hydrogens is 358 g/mol. The Hall–Kier alpha value is -3.15. The summed E-state index contributed by atoms with van der Waals surface area (Å²) < 4.78 is 10.3. The Labute approximate surface area is 164 Å². The molecule has 6 heteroatoms. The van der Waals surface area contributed by atoms with Crippen LogP contribution in [0.5, 0.6) is 5.75 Å². The second-order valence-electron chi connectivity index (χ2n) is 7.42. The van der Waals surface area contributed by atoms with Crippen LogP contribution in [0.1, 0.15) is 48.4 Å². The number of nitrogens with one attached hydrogen (secondary N) is 1. The smallest absolute Gasteiger partial charge is 0.337 e. The minimum Gasteiger partial charge on any atom is -0.483 e. The lowest BCUT2D eigenvalue weighted by molar-refractivity contribution is -0.123. The zero-order chi connectivity index (χ0) is 20.9. The highest BCUT2D eigenvalue weighted by Crippen LogP contribution is 2.20. The molecule has 148 valence electrons. The lowest BCUT2D eigenvalue weighted by Crippen LogP contribution is -2.27. The summed E-state index contributed by atoms with van der Waals surface area (Å²) in [6, 6.07) is 13.1. The Balaban J connectivity index is 2.01. The SMILES string of the molecule is COC(=O)c1ccc(O[C@@H](C)C(=O)c2ccc(NC(=O)C(C)(C)C)cc2)cc1. The van der Waals surface area contributed by atoms with Crippen molar-refractivity contribution in [2.45, 2.75) is 33.8 Å². The largest absolute Gasteiger partial charge is 0.483 e. The van der Waals surface area contributed by atoms with Crippen molar-refractivity contribution in [2.75, 3.05) is 12.4 Å². The van der Waals surface area contributed by atoms with Crippen LogP contribution in [0.2, 0.25) is 0 Å². The first-order valence-electron chi connectivity index (χ1n) is 8.92. The zero-order valence-corrected chi connectivity index (χ0v) is 16.7. The average molecular weight is 383 g/mol. The van der Waals surface area contributed by atoms with Crippen LogP contribution in [-0.4, -0.2) is 30.9 Å². The molecule has 2 aromatic rings. The second-order valence-corrected chi connectivity index (χ2v) is 7.42. The number of Topliss-reactive ketones (excluding diaryl/α,β-unsaturated/α-hetero) is 1. The molecule has 0 heterocycles. The van der Waals surface area contributed by atoms with Crippen molar-refractivity contribution in [1.29, 1.82) is 0 Å². The van der Waals surface area contributed by atoms with Crippen molar-refractivity contribution in [1.82, 2.24) is 0 Å². The minimum absolute atomic E-state index is 0.0984. The summed E-state index contributed by atoms with van der Waals surface area (Å²) >= 11 is 0. The lowest BCUT2D eigenvalue weighted by Gasteiger charge is -2.18. The third-order valence-electron chi connectivity index (χ3n) is 4.07. The van der Waals surface area contributed by atoms with E-state index in [9.17, 15) is 14.4 Å². The molecule has 2 aromatic carbocycles. The van der Waals surface area contributed by atoms with Gasteiger partial charge in [0.25, 0.3) is 0 Å². The van der Waals surface area contributed by atoms with Gasteiger partial charge < -0.3 is 14.8 Å². The van der Waals surface area contributed by atoms with Crippen molar-refractivity contribution in [3.63, 3.8) is 0 Å². The number of rotatable bonds is 6. The fourth-order valence-electron chi connectivity index (χ4n) is 2.32. The summed E-state index contributed by atoms with van der Waals surface area (Å²) in [4.78, 5) is 36.0. The fourth-order valence-corrected chi connectivity index (χ4v) is 2.32. The summed E-state index contributed by atoms with van der Waals surface area (Å²) in [5.74, 6) is -0.249. The van der Waals surface area contributed by atoms with E-state index in [-0.39, 0.29) is 11.7 Å². The third-order valence-corrected chi connectivity index (χ3v) is 4.07. The topological polar surface area (TPSA) is 81.7 Å². The summed E-state index contributed by atoms with van der Waals surface area (Å²) in [5.41, 5.74) is 1.01. The van der Waals surface area contributed by atoms with Crippen LogP contribution >= 0.6 is 0 Å². The van der Waals surface area contributed by atoms with Crippen LogP contribution in [0.3, 0.4) is 0 Å². The number of methoxy groups -OCH3 is 1. The normalized spacial score (nSPS) is 12.0. The maximum absolute atomic E-state index is 12.6. The summed E-state index contributed by atoms with van der Waals surface area (Å²) in [6.07, 6.45) is -0.709. The van der Waals surface area contributed by atoms with Crippen LogP contribution < -0.4 is 10.1 Å². The number of carbonyl (C=O) groups is 3. The molecule has 0 radical (unpaired) electrons. The molecule has 0 unspecified atom stereocenters. The minimum atomic E-state index is -0.709. The van der Waals surface area contributed by atoms with Gasteiger partial charge in [0.2, 0.25) is 11.7 Å². The summed E-state index contributed by atoms with van der Waals surface area (Å²) in [7, 11) is 1.31. The first-order chi connectivity index (χ1) is 13.1. The number of carbonyl (C=O) groups excluding carboxylic acids is 3. The van der Waals surface area contributed by atoms with Crippen LogP contribution in [0.4, 0.5) is 5.69 Å². The Morgan fingerprint density at radius 3 is 1.93 bits per heavy atom. The third kappa shape index (κ3) is 5.42. The molecule has 0 fully saturated rings. The van der Waals surface area contributed by atoms with E-state index in [0.717, 1.165) is 0 Å². The Kier molecular flexibility index (Phi) is 6.57. The zero-order valence-electron chi connectivity index (χ0n) is 16.7. The molecule has 0 bridgehead atoms. The van der Waals surface area contributed by atoms with E-state index in [1.165, 1.54) is 7.11 Å². The van der Waals surface area contributed by atoms with Crippen LogP contribution in [0.15, 0.2) is 48.5 Å². The molecule has 0 spiro atoms. The highest BCUT2D eigenvalue weighted by molar-refractivity contribution is 6.00. The monoisotopic (exact) mass is 383 g/mol. The molecule has 1 atom stereocenters. The van der Waals surface area contributed by atoms with Crippen LogP contribution in [0.25, 0.3) is 0 Å². The van der Waals surface area contributed by atoms with Crippen LogP contribution in [0, 0.1) is 5.41 Å². The standard InChI is InChI=1S/C22H25NO5/c1-14(28-18-12-8-16(9-13-18)20(25)27-5)19(24)15-6-10-17(11-7-15)23-21(26)22(2,3)4/h6-14H,1-5H3,(H,23,26)/t14-/m0/s1. The van der Waals surface area contributed by atoms with E-state index < -0.39 is 17.5 Å². The predicted octanol–water partition coefficient (Wildman–Crippen LogP) is 4.11. The highest BCUT2D eigenvalue weighted by atomic mass is 16.5. The second kappa shape index (κ2) is 8.69. The van der Waals surface area contributed by atoms with E-state index >= 15 is 0 Å². The predicted molar refractivity (Wildman–Crippen MR) is 107 cm³/mol. The van der Waals surface area contributed by atoms with Gasteiger partial charge in [-0.05, 0) is 55.5 Å². The van der Waals surface area contributed by atoms with Crippen molar-refractivity contribution in [2.24, 2.45) is 5.41 Å². The molecule has 2 rings (SSSR count). The maximum atomic E-state index is 12.6. The molecule has 1 N–H and O–H groups in total. The molecule has 0 aliphatic rings. The van der Waals surface area contributed by atoms with Gasteiger partial charge in [-0.3, -0.25) is 9.59 Å². The summed E-state index contributed by atoms with van der Waals surface area (Å²) in [6.45, 7) is 7.15. The van der Waals surface area contributed by atoms with Gasteiger partial charge in [-0.1, -0.05) is 20.8 Å². The van der Waals surface area contributed by atoms with Gasteiger partial charge in [0.1, 0.15) is 5.75 Å². The number of ketones is 1. The average Bonchev–Trinajstić information content (AvgIpc) is 2.67. The van der Waals surface area contributed by atoms with Gasteiger partial charge in [-0.25, -0.2) is 4.79 Å². The van der Waals surface area contributed by atoms with E-state index in [0.29, 0.717) is 22.6 Å². The fraction of sp³-hybridized carbons (Fsp3) is 0.318. The Morgan fingerprint density at radius 1 is 0.893 bits per heavy atom. The molecule has 1 amide bonds. The number of hydrogen-bond donors (Lipinski definition) is 1. The number of ether oxygens (including phenoxy) is 2. The van der Waals surface area contributed by atoms with Gasteiger partial charge in [0, 0.05) is 16.7 Å². The molecule has 0 aliphatic carbocycles. The molecular formula is C22H25NO5. The Morgan fingerprint density at radius 2 is 1.43 bits per heavy atom. The molecule has 0 aliphatic heterocycles. The van der Waals surface area contributed by atoms with E-state index in [2.05, 4.69) is 10.1 Å². The van der Waals surface area contributed by atoms with Gasteiger partial charge >= 0.3 is 5.97 Å². The van der Waals surface area contributed by atoms with E-state index in [1.54, 1.807) is 55.5 Å². The van der Waals surface area contributed by atoms with Crippen molar-refractivity contribution < 1.29 is 23.9 Å². The van der Waals surface area contributed by atoms with E-state index in [4.69, 9.17) is 4.74 Å². The molecule has 6 nitrogen and oxygen atoms in total. The van der Waals surface area contributed by atoms with Gasteiger partial charge in [0.15, 0.2) is 6.10 Å². The molecule has 0 saturated carbocycles. The van der Waals surface area contributed by atoms with E-state index in [1.807, 2.05) is 20.8 Å². The first kappa shape index (κ1) is 21.2. The van der Waals surface area contributed by atoms with Gasteiger partial charge in [0.05, 0.1) is 12.7 Å². The lowest BCUT2D eigenvalue weighted by atomic mass is 9.95. The van der Waals surface area contributed by atoms with Crippen molar-refractivity contribution >= 4 is 23.3 Å². The number of esters is 1. The number of amides is 1. The number of hydrogen-bond acceptors (Lipinski definition) is 5. The van der Waals surface area contributed by atoms with Gasteiger partial charge in [-0.2, -0.15) is 0 Å². The number of anilines is 1. The maximum Gasteiger partial charge on any atom is 0.337 e. The molecule has 0 saturated heterocycles. The van der Waals surface area contributed by atoms with Crippen molar-refractivity contribution in [3.8, 4) is 5.75 Å². The summed E-state index contributed by atoms with van der Waals surface area (Å²) in [5, 5.41) is 2.82. The van der Waals surface area contributed by atoms with Gasteiger partial charge in [-0.15, -0.1) is 0 Å². The first-order valence-corrected chi connectivity index (χ1v) is 8.92. The highest BCUT2D eigenvalue weighted by Gasteiger charge is 2.22. The number of benzene rings is 2. The molecule has 28 heavy (non-hydrogen) atoms. The van der Waals surface area contributed by atoms with Crippen molar-refractivity contribution in [3.05, 3.63) is 59.7 Å². The Bertz CT molecular complexity index is 848. The quantitative estimate of drug-likeness (QED) is 0.600. The molecule has 0 aromatic heterocycles. The van der Waals surface area contributed by atoms with Crippen LogP contribution in [-0.2, 0) is 9.53 Å².